The number of carbonyl (C=O) groups excluding carboxylic acids is 1. The Morgan fingerprint density at radius 3 is 2.56 bits per heavy atom. The van der Waals surface area contributed by atoms with Gasteiger partial charge in [-0.25, -0.2) is 4.79 Å². The third-order valence-corrected chi connectivity index (χ3v) is 4.46. The van der Waals surface area contributed by atoms with Gasteiger partial charge in [-0.2, -0.15) is 13.2 Å². The lowest BCUT2D eigenvalue weighted by Gasteiger charge is -2.10. The second-order valence-electron chi connectivity index (χ2n) is 6.86. The summed E-state index contributed by atoms with van der Waals surface area (Å²) in [7, 11) is 0. The standard InChI is InChI=1S/C20H18F3N3O6/c21-20(22,23)12-31-15-6-3-13(4-7-15)11-24-18(27)2-1-9-25-16-8-5-14(26(29)30)10-17(16)32-19(25)28/h3-8,10H,1-2,9,11-12H2,(H,24,27). The summed E-state index contributed by atoms with van der Waals surface area (Å²) < 4.78 is 47.4. The second-order valence-corrected chi connectivity index (χ2v) is 6.86. The van der Waals surface area contributed by atoms with Gasteiger partial charge in [-0.3, -0.25) is 19.5 Å². The molecule has 0 atom stereocenters. The van der Waals surface area contributed by atoms with Crippen LogP contribution in [0.15, 0.2) is 51.7 Å². The number of halogens is 3. The van der Waals surface area contributed by atoms with Gasteiger partial charge in [-0.1, -0.05) is 12.1 Å². The molecule has 0 aliphatic carbocycles. The third kappa shape index (κ3) is 6.09. The number of aryl methyl sites for hydroxylation is 1. The molecular formula is C20H18F3N3O6. The molecule has 0 unspecified atom stereocenters. The fourth-order valence-corrected chi connectivity index (χ4v) is 2.94. The highest BCUT2D eigenvalue weighted by molar-refractivity contribution is 5.76. The van der Waals surface area contributed by atoms with Gasteiger partial charge in [0, 0.05) is 25.6 Å². The summed E-state index contributed by atoms with van der Waals surface area (Å²) in [4.78, 5) is 34.3. The number of nitro groups is 1. The fraction of sp³-hybridized carbons (Fsp3) is 0.300. The van der Waals surface area contributed by atoms with Crippen molar-refractivity contribution in [1.29, 1.82) is 0 Å². The van der Waals surface area contributed by atoms with Crippen molar-refractivity contribution in [1.82, 2.24) is 9.88 Å². The number of carbonyl (C=O) groups is 1. The van der Waals surface area contributed by atoms with E-state index in [0.29, 0.717) is 17.5 Å². The van der Waals surface area contributed by atoms with E-state index in [4.69, 9.17) is 4.42 Å². The van der Waals surface area contributed by atoms with Crippen LogP contribution in [0.25, 0.3) is 11.1 Å². The molecular weight excluding hydrogens is 435 g/mol. The molecule has 0 radical (unpaired) electrons. The molecule has 3 rings (SSSR count). The Bertz CT molecular complexity index is 1170. The number of oxazole rings is 1. The topological polar surface area (TPSA) is 117 Å². The number of nitrogens with one attached hydrogen (secondary N) is 1. The minimum atomic E-state index is -4.42. The highest BCUT2D eigenvalue weighted by Crippen LogP contribution is 2.21. The molecule has 0 aliphatic heterocycles. The highest BCUT2D eigenvalue weighted by atomic mass is 19.4. The van der Waals surface area contributed by atoms with Crippen LogP contribution in [0.4, 0.5) is 18.9 Å². The number of amides is 1. The minimum absolute atomic E-state index is 0.0699. The number of ether oxygens (including phenoxy) is 1. The van der Waals surface area contributed by atoms with Gasteiger partial charge in [-0.05, 0) is 30.2 Å². The SMILES string of the molecule is O=C(CCCn1c(=O)oc2cc([N+](=O)[O-])ccc21)NCc1ccc(OCC(F)(F)F)cc1. The molecule has 0 spiro atoms. The number of rotatable bonds is 9. The minimum Gasteiger partial charge on any atom is -0.484 e. The van der Waals surface area contributed by atoms with Crippen LogP contribution >= 0.6 is 0 Å². The molecule has 0 saturated carbocycles. The third-order valence-electron chi connectivity index (χ3n) is 4.46. The Labute approximate surface area is 178 Å². The average molecular weight is 453 g/mol. The largest absolute Gasteiger partial charge is 0.484 e. The van der Waals surface area contributed by atoms with Crippen LogP contribution in [-0.2, 0) is 17.9 Å². The number of non-ortho nitro benzene ring substituents is 1. The fourth-order valence-electron chi connectivity index (χ4n) is 2.94. The summed E-state index contributed by atoms with van der Waals surface area (Å²) in [6.07, 6.45) is -3.99. The predicted octanol–water partition coefficient (Wildman–Crippen LogP) is 3.54. The van der Waals surface area contributed by atoms with Crippen molar-refractivity contribution in [3.63, 3.8) is 0 Å². The summed E-state index contributed by atoms with van der Waals surface area (Å²) in [5.74, 6) is -0.881. The van der Waals surface area contributed by atoms with Gasteiger partial charge in [0.25, 0.3) is 5.69 Å². The van der Waals surface area contributed by atoms with Crippen molar-refractivity contribution in [2.45, 2.75) is 32.1 Å². The smallest absolute Gasteiger partial charge is 0.422 e. The first-order valence-corrected chi connectivity index (χ1v) is 9.45. The Balaban J connectivity index is 1.47. The summed E-state index contributed by atoms with van der Waals surface area (Å²) >= 11 is 0. The maximum absolute atomic E-state index is 12.1. The molecule has 0 fully saturated rings. The molecule has 0 saturated heterocycles. The van der Waals surface area contributed by atoms with Crippen LogP contribution in [0.5, 0.6) is 5.75 Å². The Hall–Kier alpha value is -3.83. The van der Waals surface area contributed by atoms with Gasteiger partial charge in [0.1, 0.15) is 5.75 Å². The summed E-state index contributed by atoms with van der Waals surface area (Å²) in [5.41, 5.74) is 0.972. The molecule has 170 valence electrons. The average Bonchev–Trinajstić information content (AvgIpc) is 3.05. The number of aromatic nitrogens is 1. The van der Waals surface area contributed by atoms with E-state index >= 15 is 0 Å². The number of benzene rings is 2. The van der Waals surface area contributed by atoms with E-state index in [2.05, 4.69) is 10.1 Å². The van der Waals surface area contributed by atoms with Crippen molar-refractivity contribution in [3.8, 4) is 5.75 Å². The normalized spacial score (nSPS) is 11.5. The van der Waals surface area contributed by atoms with Crippen LogP contribution in [0, 0.1) is 10.1 Å². The van der Waals surface area contributed by atoms with E-state index in [9.17, 15) is 32.9 Å². The molecule has 9 nitrogen and oxygen atoms in total. The molecule has 0 aliphatic rings. The lowest BCUT2D eigenvalue weighted by atomic mass is 10.2. The predicted molar refractivity (Wildman–Crippen MR) is 106 cm³/mol. The molecule has 1 N–H and O–H groups in total. The van der Waals surface area contributed by atoms with Crippen molar-refractivity contribution in [2.75, 3.05) is 6.61 Å². The van der Waals surface area contributed by atoms with E-state index in [-0.39, 0.29) is 42.4 Å². The second kappa shape index (κ2) is 9.54. The van der Waals surface area contributed by atoms with Crippen molar-refractivity contribution in [2.24, 2.45) is 0 Å². The van der Waals surface area contributed by atoms with Gasteiger partial charge >= 0.3 is 11.9 Å². The number of nitro benzene ring substituents is 1. The zero-order valence-corrected chi connectivity index (χ0v) is 16.6. The van der Waals surface area contributed by atoms with Crippen LogP contribution in [0.1, 0.15) is 18.4 Å². The summed E-state index contributed by atoms with van der Waals surface area (Å²) in [6.45, 7) is -1.02. The zero-order valence-electron chi connectivity index (χ0n) is 16.6. The van der Waals surface area contributed by atoms with Crippen LogP contribution < -0.4 is 15.8 Å². The number of hydrogen-bond acceptors (Lipinski definition) is 6. The van der Waals surface area contributed by atoms with Crippen molar-refractivity contribution >= 4 is 22.7 Å². The van der Waals surface area contributed by atoms with E-state index in [0.717, 1.165) is 0 Å². The maximum Gasteiger partial charge on any atom is 0.422 e. The number of alkyl halides is 3. The molecule has 12 heteroatoms. The van der Waals surface area contributed by atoms with Crippen molar-refractivity contribution in [3.05, 3.63) is 68.7 Å². The monoisotopic (exact) mass is 453 g/mol. The molecule has 1 heterocycles. The first-order valence-electron chi connectivity index (χ1n) is 9.45. The Kier molecular flexibility index (Phi) is 6.81. The van der Waals surface area contributed by atoms with Gasteiger partial charge in [0.05, 0.1) is 16.5 Å². The highest BCUT2D eigenvalue weighted by Gasteiger charge is 2.28. The lowest BCUT2D eigenvalue weighted by molar-refractivity contribution is -0.384. The van der Waals surface area contributed by atoms with E-state index in [1.807, 2.05) is 0 Å². The van der Waals surface area contributed by atoms with Crippen LogP contribution in [0.3, 0.4) is 0 Å². The Morgan fingerprint density at radius 2 is 1.91 bits per heavy atom. The molecule has 32 heavy (non-hydrogen) atoms. The van der Waals surface area contributed by atoms with Crippen LogP contribution in [0.2, 0.25) is 0 Å². The van der Waals surface area contributed by atoms with E-state index in [1.54, 1.807) is 12.1 Å². The zero-order chi connectivity index (χ0) is 23.3. The quantitative estimate of drug-likeness (QED) is 0.391. The Morgan fingerprint density at radius 1 is 1.19 bits per heavy atom. The van der Waals surface area contributed by atoms with Gasteiger partial charge in [0.2, 0.25) is 5.91 Å². The van der Waals surface area contributed by atoms with E-state index in [1.165, 1.54) is 34.9 Å². The van der Waals surface area contributed by atoms with E-state index < -0.39 is 23.5 Å². The molecule has 3 aromatic rings. The van der Waals surface area contributed by atoms with Gasteiger partial charge < -0.3 is 14.5 Å². The maximum atomic E-state index is 12.1. The van der Waals surface area contributed by atoms with Crippen molar-refractivity contribution < 1.29 is 32.0 Å². The molecule has 1 aromatic heterocycles. The first kappa shape index (κ1) is 22.8. The number of hydrogen-bond donors (Lipinski definition) is 1. The number of fused-ring (bicyclic) bond motifs is 1. The first-order chi connectivity index (χ1) is 15.1. The molecule has 0 bridgehead atoms. The summed E-state index contributed by atoms with van der Waals surface area (Å²) in [5, 5.41) is 13.5. The van der Waals surface area contributed by atoms with Gasteiger partial charge in [0.15, 0.2) is 12.2 Å². The van der Waals surface area contributed by atoms with Gasteiger partial charge in [-0.15, -0.1) is 0 Å². The number of nitrogens with zero attached hydrogens (tertiary/aromatic N) is 2. The molecule has 2 aromatic carbocycles. The lowest BCUT2D eigenvalue weighted by Crippen LogP contribution is -2.23. The molecule has 1 amide bonds. The van der Waals surface area contributed by atoms with Crippen LogP contribution in [-0.4, -0.2) is 28.2 Å². The summed E-state index contributed by atoms with van der Waals surface area (Å²) in [6, 6.07) is 9.70.